The lowest BCUT2D eigenvalue weighted by atomic mass is 9.78. The molecule has 3 saturated heterocycles. The molecular weight excluding hydrogens is 476 g/mol. The SMILES string of the molecule is CO[C@@H]1COCC[C@@H]1N(C)[C@@H]1C[C@H]2CCC[C@@]2(C(=O)N2C[C@@H]3C[C@H]2CN3c2cccc(Cl)c2C#N)C1. The number of benzene rings is 1. The van der Waals surface area contributed by atoms with Crippen molar-refractivity contribution in [1.29, 1.82) is 5.26 Å². The van der Waals surface area contributed by atoms with Crippen LogP contribution in [0.1, 0.15) is 50.5 Å². The van der Waals surface area contributed by atoms with Crippen LogP contribution in [-0.2, 0) is 14.3 Å². The highest BCUT2D eigenvalue weighted by atomic mass is 35.5. The maximum atomic E-state index is 14.3. The van der Waals surface area contributed by atoms with E-state index in [1.807, 2.05) is 12.1 Å². The van der Waals surface area contributed by atoms with Crippen molar-refractivity contribution in [2.45, 2.75) is 75.2 Å². The molecule has 2 bridgehead atoms. The minimum atomic E-state index is -0.212. The molecule has 7 nitrogen and oxygen atoms in total. The summed E-state index contributed by atoms with van der Waals surface area (Å²) in [7, 11) is 4.02. The van der Waals surface area contributed by atoms with Gasteiger partial charge in [-0.15, -0.1) is 0 Å². The molecule has 0 N–H and O–H groups in total. The standard InChI is InChI=1S/C28H37ClN4O3/c1-31(25-8-10-36-17-26(25)35-2)19-11-18-5-4-9-28(18,13-19)27(34)33-16-20-12-21(33)15-32(20)24-7-3-6-23(29)22(24)14-30/h3,6-7,18-21,25-26H,4-5,8-13,15-17H2,1-2H3/t18-,19-,20+,21+,25+,26-,28-/m1/s1. The average molecular weight is 513 g/mol. The summed E-state index contributed by atoms with van der Waals surface area (Å²) < 4.78 is 11.4. The summed E-state index contributed by atoms with van der Waals surface area (Å²) in [5, 5.41) is 10.2. The van der Waals surface area contributed by atoms with E-state index in [-0.39, 0.29) is 23.6 Å². The molecule has 0 radical (unpaired) electrons. The largest absolute Gasteiger partial charge is 0.379 e. The van der Waals surface area contributed by atoms with Crippen molar-refractivity contribution in [1.82, 2.24) is 9.80 Å². The van der Waals surface area contributed by atoms with Crippen LogP contribution in [0.25, 0.3) is 0 Å². The van der Waals surface area contributed by atoms with Gasteiger partial charge in [-0.25, -0.2) is 0 Å². The summed E-state index contributed by atoms with van der Waals surface area (Å²) in [6.45, 7) is 2.97. The molecule has 0 unspecified atom stereocenters. The van der Waals surface area contributed by atoms with Crippen LogP contribution in [0.2, 0.25) is 5.02 Å². The lowest BCUT2D eigenvalue weighted by Gasteiger charge is -2.42. The predicted molar refractivity (Wildman–Crippen MR) is 138 cm³/mol. The zero-order chi connectivity index (χ0) is 25.0. The van der Waals surface area contributed by atoms with Crippen molar-refractivity contribution >= 4 is 23.2 Å². The molecule has 5 aliphatic rings. The number of nitriles is 1. The molecule has 7 atom stereocenters. The molecule has 2 saturated carbocycles. The first-order valence-electron chi connectivity index (χ1n) is 13.6. The normalized spacial score (nSPS) is 37.5. The third kappa shape index (κ3) is 3.75. The van der Waals surface area contributed by atoms with E-state index in [2.05, 4.69) is 27.8 Å². The molecule has 2 aliphatic carbocycles. The molecular formula is C28H37ClN4O3. The van der Waals surface area contributed by atoms with E-state index in [0.717, 1.165) is 63.9 Å². The second kappa shape index (κ2) is 9.47. The number of halogens is 1. The number of hydrogen-bond acceptors (Lipinski definition) is 6. The summed E-state index contributed by atoms with van der Waals surface area (Å²) >= 11 is 6.32. The molecule has 1 aromatic rings. The van der Waals surface area contributed by atoms with Gasteiger partial charge in [0.25, 0.3) is 0 Å². The second-order valence-corrected chi connectivity index (χ2v) is 12.0. The number of hydrogen-bond donors (Lipinski definition) is 0. The van der Waals surface area contributed by atoms with E-state index in [1.54, 1.807) is 13.2 Å². The second-order valence-electron chi connectivity index (χ2n) is 11.6. The summed E-state index contributed by atoms with van der Waals surface area (Å²) in [6.07, 6.45) is 7.48. The number of rotatable bonds is 5. The summed E-state index contributed by atoms with van der Waals surface area (Å²) in [5.74, 6) is 0.876. The maximum absolute atomic E-state index is 14.3. The number of ether oxygens (including phenoxy) is 2. The van der Waals surface area contributed by atoms with Crippen molar-refractivity contribution in [3.05, 3.63) is 28.8 Å². The number of likely N-dealkylation sites (tertiary alicyclic amines) is 1. The smallest absolute Gasteiger partial charge is 0.229 e. The fourth-order valence-corrected chi connectivity index (χ4v) is 8.50. The zero-order valence-electron chi connectivity index (χ0n) is 21.4. The number of methoxy groups -OCH3 is 1. The molecule has 6 rings (SSSR count). The van der Waals surface area contributed by atoms with Crippen LogP contribution in [0.4, 0.5) is 5.69 Å². The van der Waals surface area contributed by atoms with Crippen LogP contribution in [0, 0.1) is 22.7 Å². The lowest BCUT2D eigenvalue weighted by molar-refractivity contribution is -0.145. The highest BCUT2D eigenvalue weighted by Crippen LogP contribution is 2.57. The molecule has 0 aromatic heterocycles. The molecule has 8 heteroatoms. The van der Waals surface area contributed by atoms with E-state index in [9.17, 15) is 10.1 Å². The van der Waals surface area contributed by atoms with E-state index in [4.69, 9.17) is 21.1 Å². The van der Waals surface area contributed by atoms with Crippen LogP contribution >= 0.6 is 11.6 Å². The molecule has 3 aliphatic heterocycles. The third-order valence-electron chi connectivity index (χ3n) is 10.1. The van der Waals surface area contributed by atoms with Gasteiger partial charge in [0.2, 0.25) is 5.91 Å². The summed E-state index contributed by atoms with van der Waals surface area (Å²) in [6, 6.07) is 9.20. The zero-order valence-corrected chi connectivity index (χ0v) is 22.1. The first-order valence-corrected chi connectivity index (χ1v) is 13.9. The van der Waals surface area contributed by atoms with Crippen LogP contribution in [0.3, 0.4) is 0 Å². The van der Waals surface area contributed by atoms with Crippen molar-refractivity contribution in [3.8, 4) is 6.07 Å². The van der Waals surface area contributed by atoms with Crippen LogP contribution in [0.5, 0.6) is 0 Å². The Hall–Kier alpha value is -1.85. The number of carbonyl (C=O) groups excluding carboxylic acids is 1. The van der Waals surface area contributed by atoms with Crippen LogP contribution < -0.4 is 4.90 Å². The predicted octanol–water partition coefficient (Wildman–Crippen LogP) is 3.69. The monoisotopic (exact) mass is 512 g/mol. The Morgan fingerprint density at radius 3 is 2.89 bits per heavy atom. The van der Waals surface area contributed by atoms with Gasteiger partial charge in [-0.2, -0.15) is 5.26 Å². The van der Waals surface area contributed by atoms with Crippen LogP contribution in [-0.4, -0.2) is 86.4 Å². The number of piperazine rings is 1. The summed E-state index contributed by atoms with van der Waals surface area (Å²) in [5.41, 5.74) is 1.24. The topological polar surface area (TPSA) is 69.0 Å². The number of likely N-dealkylation sites (N-methyl/N-ethyl adjacent to an activating group) is 1. The average Bonchev–Trinajstić information content (AvgIpc) is 3.67. The van der Waals surface area contributed by atoms with Gasteiger partial charge in [0.15, 0.2) is 0 Å². The number of nitrogens with zero attached hydrogens (tertiary/aromatic N) is 4. The van der Waals surface area contributed by atoms with E-state index in [0.29, 0.717) is 41.1 Å². The number of carbonyl (C=O) groups is 1. The fourth-order valence-electron chi connectivity index (χ4n) is 8.29. The van der Waals surface area contributed by atoms with Gasteiger partial charge in [0.05, 0.1) is 40.4 Å². The fraction of sp³-hybridized carbons (Fsp3) is 0.714. The Kier molecular flexibility index (Phi) is 6.44. The van der Waals surface area contributed by atoms with Crippen LogP contribution in [0.15, 0.2) is 18.2 Å². The Labute approximate surface area is 219 Å². The van der Waals surface area contributed by atoms with E-state index >= 15 is 0 Å². The minimum absolute atomic E-state index is 0.0981. The molecule has 0 spiro atoms. The van der Waals surface area contributed by atoms with Gasteiger partial charge < -0.3 is 19.3 Å². The van der Waals surface area contributed by atoms with Gasteiger partial charge >= 0.3 is 0 Å². The molecule has 194 valence electrons. The van der Waals surface area contributed by atoms with Gasteiger partial charge in [-0.1, -0.05) is 24.1 Å². The van der Waals surface area contributed by atoms with Gasteiger partial charge in [-0.05, 0) is 63.6 Å². The molecule has 3 heterocycles. The van der Waals surface area contributed by atoms with Crippen molar-refractivity contribution in [2.75, 3.05) is 45.4 Å². The highest BCUT2D eigenvalue weighted by molar-refractivity contribution is 6.32. The van der Waals surface area contributed by atoms with Crippen molar-refractivity contribution in [3.63, 3.8) is 0 Å². The quantitative estimate of drug-likeness (QED) is 0.599. The van der Waals surface area contributed by atoms with Crippen molar-refractivity contribution in [2.24, 2.45) is 11.3 Å². The van der Waals surface area contributed by atoms with Gasteiger partial charge in [-0.3, -0.25) is 9.69 Å². The Bertz CT molecular complexity index is 1060. The van der Waals surface area contributed by atoms with Crippen molar-refractivity contribution < 1.29 is 14.3 Å². The number of anilines is 1. The van der Waals surface area contributed by atoms with Gasteiger partial charge in [0, 0.05) is 44.9 Å². The Morgan fingerprint density at radius 2 is 2.14 bits per heavy atom. The van der Waals surface area contributed by atoms with E-state index in [1.165, 1.54) is 6.42 Å². The minimum Gasteiger partial charge on any atom is -0.379 e. The number of fused-ring (bicyclic) bond motifs is 3. The van der Waals surface area contributed by atoms with E-state index < -0.39 is 0 Å². The maximum Gasteiger partial charge on any atom is 0.229 e. The molecule has 1 amide bonds. The third-order valence-corrected chi connectivity index (χ3v) is 10.4. The number of amides is 1. The first kappa shape index (κ1) is 24.5. The summed E-state index contributed by atoms with van der Waals surface area (Å²) in [4.78, 5) is 21.3. The molecule has 1 aromatic carbocycles. The first-order chi connectivity index (χ1) is 17.5. The Morgan fingerprint density at radius 1 is 1.28 bits per heavy atom. The molecule has 5 fully saturated rings. The van der Waals surface area contributed by atoms with Gasteiger partial charge in [0.1, 0.15) is 6.07 Å². The Balaban J connectivity index is 1.18. The highest BCUT2D eigenvalue weighted by Gasteiger charge is 2.59. The lowest BCUT2D eigenvalue weighted by Crippen LogP contribution is -2.54. The molecule has 36 heavy (non-hydrogen) atoms.